The molecule has 0 unspecified atom stereocenters. The van der Waals surface area contributed by atoms with Gasteiger partial charge in [-0.1, -0.05) is 31.1 Å². The zero-order valence-electron chi connectivity index (χ0n) is 25.1. The molecule has 1 aromatic rings. The van der Waals surface area contributed by atoms with Crippen LogP contribution < -0.4 is 26.3 Å². The van der Waals surface area contributed by atoms with Gasteiger partial charge in [0, 0.05) is 38.6 Å². The van der Waals surface area contributed by atoms with Crippen molar-refractivity contribution in [3.63, 3.8) is 0 Å². The summed E-state index contributed by atoms with van der Waals surface area (Å²) in [5.74, 6) is 0.163. The van der Waals surface area contributed by atoms with Crippen LogP contribution in [0.2, 0.25) is 0 Å². The average Bonchev–Trinajstić information content (AvgIpc) is 2.87. The number of ether oxygens (including phenoxy) is 3. The Morgan fingerprint density at radius 1 is 1.10 bits per heavy atom. The maximum Gasteiger partial charge on any atom is 0.224 e. The number of nitrogens with two attached hydrogens (primary N) is 2. The van der Waals surface area contributed by atoms with Gasteiger partial charge in [-0.2, -0.15) is 0 Å². The van der Waals surface area contributed by atoms with Crippen LogP contribution in [0, 0.1) is 17.3 Å². The molecule has 9 heteroatoms. The summed E-state index contributed by atoms with van der Waals surface area (Å²) in [5.41, 5.74) is 14.3. The zero-order chi connectivity index (χ0) is 29.8. The van der Waals surface area contributed by atoms with E-state index in [0.717, 1.165) is 23.1 Å². The van der Waals surface area contributed by atoms with Gasteiger partial charge in [-0.25, -0.2) is 0 Å². The van der Waals surface area contributed by atoms with E-state index in [2.05, 4.69) is 5.32 Å². The minimum Gasteiger partial charge on any atom is -0.493 e. The number of carbonyl (C=O) groups is 2. The van der Waals surface area contributed by atoms with Crippen molar-refractivity contribution in [3.05, 3.63) is 34.9 Å². The van der Waals surface area contributed by atoms with E-state index >= 15 is 0 Å². The fourth-order valence-corrected chi connectivity index (χ4v) is 4.09. The van der Waals surface area contributed by atoms with E-state index < -0.39 is 29.4 Å². The average molecular weight is 550 g/mol. The van der Waals surface area contributed by atoms with E-state index in [0.29, 0.717) is 37.6 Å². The van der Waals surface area contributed by atoms with Crippen molar-refractivity contribution >= 4 is 11.8 Å². The van der Waals surface area contributed by atoms with Gasteiger partial charge in [0.05, 0.1) is 25.2 Å². The normalized spacial score (nSPS) is 13.9. The molecule has 1 rings (SSSR count). The largest absolute Gasteiger partial charge is 0.493 e. The van der Waals surface area contributed by atoms with Crippen LogP contribution >= 0.6 is 0 Å². The Balaban J connectivity index is 2.90. The van der Waals surface area contributed by atoms with Gasteiger partial charge in [0.25, 0.3) is 0 Å². The van der Waals surface area contributed by atoms with E-state index in [-0.39, 0.29) is 24.8 Å². The molecule has 0 aliphatic rings. The molecule has 222 valence electrons. The predicted molar refractivity (Wildman–Crippen MR) is 155 cm³/mol. The first-order valence-corrected chi connectivity index (χ1v) is 13.7. The van der Waals surface area contributed by atoms with Crippen LogP contribution in [0.25, 0.3) is 0 Å². The molecule has 9 nitrogen and oxygen atoms in total. The topological polar surface area (TPSA) is 146 Å². The summed E-state index contributed by atoms with van der Waals surface area (Å²) < 4.78 is 16.5. The van der Waals surface area contributed by atoms with Gasteiger partial charge >= 0.3 is 0 Å². The van der Waals surface area contributed by atoms with Crippen molar-refractivity contribution in [1.29, 1.82) is 0 Å². The molecular formula is C30H51N3O6. The molecule has 0 aliphatic heterocycles. The molecule has 0 saturated carbocycles. The molecule has 0 aromatic heterocycles. The van der Waals surface area contributed by atoms with E-state index in [1.807, 2.05) is 45.9 Å². The van der Waals surface area contributed by atoms with Gasteiger partial charge in [-0.05, 0) is 70.6 Å². The third-order valence-corrected chi connectivity index (χ3v) is 7.09. The van der Waals surface area contributed by atoms with Crippen molar-refractivity contribution in [2.45, 2.75) is 79.4 Å². The Bertz CT molecular complexity index is 956. The minimum absolute atomic E-state index is 0.0203. The maximum absolute atomic E-state index is 12.9. The molecule has 0 saturated heterocycles. The first-order chi connectivity index (χ1) is 18.2. The molecule has 0 fully saturated rings. The molecule has 2 amide bonds. The van der Waals surface area contributed by atoms with Crippen LogP contribution in [-0.2, 0) is 20.7 Å². The third kappa shape index (κ3) is 11.6. The SMILES string of the molecule is COCCCOc1cc(CC(C[C@H](N)[C@@H](O)C[C@H](C(=O)NCC(C)(C)C(N)=O)C(C)C)=C(C)C)ccc1OC. The lowest BCUT2D eigenvalue weighted by molar-refractivity contribution is -0.130. The second kappa shape index (κ2) is 16.5. The second-order valence-electron chi connectivity index (χ2n) is 11.4. The predicted octanol–water partition coefficient (Wildman–Crippen LogP) is 3.36. The Morgan fingerprint density at radius 2 is 1.77 bits per heavy atom. The van der Waals surface area contributed by atoms with E-state index in [1.54, 1.807) is 28.1 Å². The number of amides is 2. The summed E-state index contributed by atoms with van der Waals surface area (Å²) in [6.07, 6.45) is 1.25. The van der Waals surface area contributed by atoms with Crippen LogP contribution in [0.3, 0.4) is 0 Å². The molecular weight excluding hydrogens is 498 g/mol. The highest BCUT2D eigenvalue weighted by Gasteiger charge is 2.31. The number of carbonyl (C=O) groups excluding carboxylic acids is 2. The fraction of sp³-hybridized carbons (Fsp3) is 0.667. The highest BCUT2D eigenvalue weighted by atomic mass is 16.5. The summed E-state index contributed by atoms with van der Waals surface area (Å²) in [4.78, 5) is 24.5. The van der Waals surface area contributed by atoms with Crippen LogP contribution in [-0.4, -0.2) is 63.0 Å². The first kappa shape index (κ1) is 34.4. The van der Waals surface area contributed by atoms with Crippen molar-refractivity contribution < 1.29 is 28.9 Å². The van der Waals surface area contributed by atoms with Gasteiger partial charge in [0.1, 0.15) is 0 Å². The van der Waals surface area contributed by atoms with Crippen molar-refractivity contribution in [1.82, 2.24) is 5.32 Å². The van der Waals surface area contributed by atoms with E-state index in [4.69, 9.17) is 25.7 Å². The van der Waals surface area contributed by atoms with Gasteiger partial charge in [-0.3, -0.25) is 9.59 Å². The molecule has 6 N–H and O–H groups in total. The smallest absolute Gasteiger partial charge is 0.224 e. The van der Waals surface area contributed by atoms with Gasteiger partial charge < -0.3 is 36.1 Å². The molecule has 3 atom stereocenters. The van der Waals surface area contributed by atoms with Gasteiger partial charge in [0.2, 0.25) is 11.8 Å². The first-order valence-electron chi connectivity index (χ1n) is 13.7. The lowest BCUT2D eigenvalue weighted by Crippen LogP contribution is -2.46. The Kier molecular flexibility index (Phi) is 14.5. The van der Waals surface area contributed by atoms with Crippen molar-refractivity contribution in [2.24, 2.45) is 28.7 Å². The molecule has 39 heavy (non-hydrogen) atoms. The highest BCUT2D eigenvalue weighted by Crippen LogP contribution is 2.30. The number of nitrogens with one attached hydrogen (secondary N) is 1. The Labute approximate surface area is 234 Å². The van der Waals surface area contributed by atoms with Crippen LogP contribution in [0.5, 0.6) is 11.5 Å². The summed E-state index contributed by atoms with van der Waals surface area (Å²) in [7, 11) is 3.27. The molecule has 0 aliphatic carbocycles. The monoisotopic (exact) mass is 549 g/mol. The highest BCUT2D eigenvalue weighted by molar-refractivity contribution is 5.83. The number of aliphatic hydroxyl groups is 1. The number of hydrogen-bond donors (Lipinski definition) is 4. The molecule has 0 radical (unpaired) electrons. The number of hydrogen-bond acceptors (Lipinski definition) is 7. The number of aliphatic hydroxyl groups excluding tert-OH is 1. The van der Waals surface area contributed by atoms with E-state index in [9.17, 15) is 14.7 Å². The molecule has 0 spiro atoms. The quantitative estimate of drug-likeness (QED) is 0.162. The van der Waals surface area contributed by atoms with Crippen molar-refractivity contribution in [3.8, 4) is 11.5 Å². The second-order valence-corrected chi connectivity index (χ2v) is 11.4. The zero-order valence-corrected chi connectivity index (χ0v) is 25.1. The van der Waals surface area contributed by atoms with Crippen molar-refractivity contribution in [2.75, 3.05) is 34.0 Å². The summed E-state index contributed by atoms with van der Waals surface area (Å²) in [5, 5.41) is 13.8. The number of rotatable bonds is 18. The number of allylic oxidation sites excluding steroid dienone is 1. The number of benzene rings is 1. The Morgan fingerprint density at radius 3 is 2.31 bits per heavy atom. The number of methoxy groups -OCH3 is 2. The van der Waals surface area contributed by atoms with Crippen LogP contribution in [0.1, 0.15) is 66.4 Å². The fourth-order valence-electron chi connectivity index (χ4n) is 4.09. The standard InChI is InChI=1S/C30H51N3O6/c1-19(2)22(14-21-10-11-26(38-8)27(15-21)39-13-9-12-37-7)16-24(31)25(34)17-23(20(3)4)28(35)33-18-30(5,6)29(32)36/h10-11,15,20,23-25,34H,9,12-14,16-18,31H2,1-8H3,(H2,32,36)(H,33,35)/t23-,24-,25-/m0/s1. The van der Waals surface area contributed by atoms with Gasteiger partial charge in [-0.15, -0.1) is 0 Å². The maximum atomic E-state index is 12.9. The van der Waals surface area contributed by atoms with Crippen LogP contribution in [0.15, 0.2) is 29.3 Å². The lowest BCUT2D eigenvalue weighted by Gasteiger charge is -2.28. The summed E-state index contributed by atoms with van der Waals surface area (Å²) in [6, 6.07) is 5.32. The molecule has 0 bridgehead atoms. The lowest BCUT2D eigenvalue weighted by atomic mass is 9.84. The number of primary amides is 1. The van der Waals surface area contributed by atoms with Gasteiger partial charge in [0.15, 0.2) is 11.5 Å². The minimum atomic E-state index is -0.878. The van der Waals surface area contributed by atoms with E-state index in [1.165, 1.54) is 0 Å². The van der Waals surface area contributed by atoms with Crippen LogP contribution in [0.4, 0.5) is 0 Å². The molecule has 0 heterocycles. The summed E-state index contributed by atoms with van der Waals surface area (Å²) >= 11 is 0. The third-order valence-electron chi connectivity index (χ3n) is 7.09. The summed E-state index contributed by atoms with van der Waals surface area (Å²) in [6.45, 7) is 12.6. The Hall–Kier alpha value is -2.62. The molecule has 1 aromatic carbocycles.